The quantitative estimate of drug-likeness (QED) is 0.866. The van der Waals surface area contributed by atoms with Gasteiger partial charge in [-0.3, -0.25) is 0 Å². The molecule has 0 amide bonds. The molecule has 1 rings (SSSR count). The summed E-state index contributed by atoms with van der Waals surface area (Å²) in [7, 11) is -4.20. The van der Waals surface area contributed by atoms with Crippen molar-refractivity contribution >= 4 is 15.7 Å². The van der Waals surface area contributed by atoms with E-state index in [4.69, 9.17) is 5.73 Å². The molecule has 0 aliphatic heterocycles. The van der Waals surface area contributed by atoms with Crippen LogP contribution in [0.1, 0.15) is 12.5 Å². The minimum absolute atomic E-state index is 0.196. The van der Waals surface area contributed by atoms with E-state index in [1.807, 2.05) is 0 Å². The van der Waals surface area contributed by atoms with Crippen LogP contribution in [0.25, 0.3) is 0 Å². The second kappa shape index (κ2) is 5.38. The summed E-state index contributed by atoms with van der Waals surface area (Å²) in [5, 5.41) is 0. The number of benzene rings is 1. The predicted octanol–water partition coefficient (Wildman–Crippen LogP) is 2.15. The lowest BCUT2D eigenvalue weighted by molar-refractivity contribution is -0.135. The van der Waals surface area contributed by atoms with Gasteiger partial charge in [-0.1, -0.05) is 13.0 Å². The molecular formula is C11H15F3N2O2S. The first-order valence-corrected chi connectivity index (χ1v) is 6.95. The molecule has 0 aliphatic rings. The number of rotatable bonds is 4. The molecule has 1 aromatic rings. The maximum atomic E-state index is 12.4. The third-order valence-corrected chi connectivity index (χ3v) is 4.72. The summed E-state index contributed by atoms with van der Waals surface area (Å²) in [6, 6.07) is 4.14. The van der Waals surface area contributed by atoms with Crippen LogP contribution in [0.2, 0.25) is 0 Å². The summed E-state index contributed by atoms with van der Waals surface area (Å²) in [5.74, 6) is 0. The Kier molecular flexibility index (Phi) is 4.46. The molecule has 19 heavy (non-hydrogen) atoms. The number of anilines is 1. The minimum atomic E-state index is -4.59. The van der Waals surface area contributed by atoms with Crippen LogP contribution in [-0.4, -0.2) is 32.0 Å². The van der Waals surface area contributed by atoms with Gasteiger partial charge in [0.15, 0.2) is 0 Å². The van der Waals surface area contributed by atoms with Crippen molar-refractivity contribution in [2.24, 2.45) is 0 Å². The Morgan fingerprint density at radius 2 is 1.89 bits per heavy atom. The van der Waals surface area contributed by atoms with Crippen LogP contribution in [0, 0.1) is 6.92 Å². The van der Waals surface area contributed by atoms with Crippen molar-refractivity contribution in [1.82, 2.24) is 4.31 Å². The van der Waals surface area contributed by atoms with Gasteiger partial charge in [0, 0.05) is 12.2 Å². The average Bonchev–Trinajstić information content (AvgIpc) is 2.28. The molecule has 1 aromatic carbocycles. The molecule has 8 heteroatoms. The van der Waals surface area contributed by atoms with Gasteiger partial charge in [0.2, 0.25) is 10.0 Å². The average molecular weight is 296 g/mol. The van der Waals surface area contributed by atoms with Crippen LogP contribution in [0.15, 0.2) is 23.1 Å². The summed E-state index contributed by atoms with van der Waals surface area (Å²) in [4.78, 5) is -0.196. The second-order valence-electron chi connectivity index (χ2n) is 4.02. The monoisotopic (exact) mass is 296 g/mol. The highest BCUT2D eigenvalue weighted by molar-refractivity contribution is 7.89. The molecule has 0 saturated carbocycles. The maximum absolute atomic E-state index is 12.4. The first kappa shape index (κ1) is 15.8. The third kappa shape index (κ3) is 3.60. The van der Waals surface area contributed by atoms with Gasteiger partial charge in [-0.05, 0) is 24.6 Å². The van der Waals surface area contributed by atoms with Crippen molar-refractivity contribution in [2.75, 3.05) is 18.8 Å². The summed E-state index contributed by atoms with van der Waals surface area (Å²) >= 11 is 0. The first-order valence-electron chi connectivity index (χ1n) is 5.51. The largest absolute Gasteiger partial charge is 0.402 e. The summed E-state index contributed by atoms with van der Waals surface area (Å²) in [6.45, 7) is 1.03. The van der Waals surface area contributed by atoms with Gasteiger partial charge in [-0.15, -0.1) is 0 Å². The maximum Gasteiger partial charge on any atom is 0.402 e. The van der Waals surface area contributed by atoms with E-state index in [1.165, 1.54) is 32.0 Å². The molecule has 0 bridgehead atoms. The smallest absolute Gasteiger partial charge is 0.398 e. The van der Waals surface area contributed by atoms with Crippen molar-refractivity contribution < 1.29 is 21.6 Å². The lowest BCUT2D eigenvalue weighted by atomic mass is 10.2. The van der Waals surface area contributed by atoms with Crippen molar-refractivity contribution in [3.05, 3.63) is 23.8 Å². The Bertz CT molecular complexity index is 556. The Balaban J connectivity index is 3.25. The highest BCUT2D eigenvalue weighted by Gasteiger charge is 2.36. The van der Waals surface area contributed by atoms with Gasteiger partial charge in [0.05, 0.1) is 4.90 Å². The minimum Gasteiger partial charge on any atom is -0.398 e. The molecule has 0 atom stereocenters. The fourth-order valence-electron chi connectivity index (χ4n) is 1.62. The number of nitrogen functional groups attached to an aromatic ring is 1. The molecule has 0 spiro atoms. The van der Waals surface area contributed by atoms with Crippen LogP contribution in [-0.2, 0) is 10.0 Å². The lowest BCUT2D eigenvalue weighted by Gasteiger charge is -2.23. The lowest BCUT2D eigenvalue weighted by Crippen LogP contribution is -2.39. The molecule has 0 heterocycles. The molecule has 2 N–H and O–H groups in total. The highest BCUT2D eigenvalue weighted by atomic mass is 32.2. The van der Waals surface area contributed by atoms with Gasteiger partial charge in [-0.2, -0.15) is 17.5 Å². The van der Waals surface area contributed by atoms with E-state index in [0.29, 0.717) is 4.31 Å². The van der Waals surface area contributed by atoms with Crippen molar-refractivity contribution in [3.63, 3.8) is 0 Å². The molecule has 0 aromatic heterocycles. The standard InChI is InChI=1S/C11H15F3N2O2S/c1-3-16(7-11(12,13)14)19(17,18)10-6-4-5-9(15)8(10)2/h4-6H,3,7,15H2,1-2H3. The van der Waals surface area contributed by atoms with Crippen LogP contribution >= 0.6 is 0 Å². The predicted molar refractivity (Wildman–Crippen MR) is 66.1 cm³/mol. The molecule has 0 unspecified atom stereocenters. The molecule has 0 aliphatic carbocycles. The molecular weight excluding hydrogens is 281 g/mol. The zero-order chi connectivity index (χ0) is 14.8. The second-order valence-corrected chi connectivity index (χ2v) is 5.92. The van der Waals surface area contributed by atoms with Gasteiger partial charge < -0.3 is 5.73 Å². The van der Waals surface area contributed by atoms with Crippen LogP contribution in [0.4, 0.5) is 18.9 Å². The van der Waals surface area contributed by atoms with Crippen molar-refractivity contribution in [2.45, 2.75) is 24.9 Å². The van der Waals surface area contributed by atoms with Crippen molar-refractivity contribution in [1.29, 1.82) is 0 Å². The van der Waals surface area contributed by atoms with E-state index >= 15 is 0 Å². The SMILES string of the molecule is CCN(CC(F)(F)F)S(=O)(=O)c1cccc(N)c1C. The first-order chi connectivity index (χ1) is 8.59. The summed E-state index contributed by atoms with van der Waals surface area (Å²) in [5.41, 5.74) is 6.06. The van der Waals surface area contributed by atoms with Crippen molar-refractivity contribution in [3.8, 4) is 0 Å². The number of sulfonamides is 1. The highest BCUT2D eigenvalue weighted by Crippen LogP contribution is 2.26. The van der Waals surface area contributed by atoms with E-state index in [1.54, 1.807) is 0 Å². The number of nitrogens with two attached hydrogens (primary N) is 1. The Morgan fingerprint density at radius 3 is 2.37 bits per heavy atom. The van der Waals surface area contributed by atoms with Gasteiger partial charge in [0.1, 0.15) is 6.54 Å². The Hall–Kier alpha value is -1.28. The molecule has 108 valence electrons. The molecule has 0 fully saturated rings. The number of nitrogens with zero attached hydrogens (tertiary/aromatic N) is 1. The number of hydrogen-bond donors (Lipinski definition) is 1. The normalized spacial score (nSPS) is 12.9. The summed E-state index contributed by atoms with van der Waals surface area (Å²) in [6.07, 6.45) is -4.59. The van der Waals surface area contributed by atoms with E-state index in [0.717, 1.165) is 0 Å². The van der Waals surface area contributed by atoms with E-state index in [-0.39, 0.29) is 22.7 Å². The Morgan fingerprint density at radius 1 is 1.32 bits per heavy atom. The van der Waals surface area contributed by atoms with Gasteiger partial charge >= 0.3 is 6.18 Å². The third-order valence-electron chi connectivity index (χ3n) is 2.65. The van der Waals surface area contributed by atoms with Crippen LogP contribution in [0.5, 0.6) is 0 Å². The number of hydrogen-bond acceptors (Lipinski definition) is 3. The van der Waals surface area contributed by atoms with Crippen LogP contribution in [0.3, 0.4) is 0 Å². The topological polar surface area (TPSA) is 63.4 Å². The fourth-order valence-corrected chi connectivity index (χ4v) is 3.31. The van der Waals surface area contributed by atoms with Crippen LogP contribution < -0.4 is 5.73 Å². The van der Waals surface area contributed by atoms with E-state index in [2.05, 4.69) is 0 Å². The number of halogens is 3. The van der Waals surface area contributed by atoms with Gasteiger partial charge in [0.25, 0.3) is 0 Å². The molecule has 0 saturated heterocycles. The molecule has 4 nitrogen and oxygen atoms in total. The van der Waals surface area contributed by atoms with Gasteiger partial charge in [-0.25, -0.2) is 8.42 Å². The zero-order valence-corrected chi connectivity index (χ0v) is 11.3. The molecule has 0 radical (unpaired) electrons. The van der Waals surface area contributed by atoms with E-state index in [9.17, 15) is 21.6 Å². The zero-order valence-electron chi connectivity index (χ0n) is 10.5. The summed E-state index contributed by atoms with van der Waals surface area (Å²) < 4.78 is 61.9. The van der Waals surface area contributed by atoms with E-state index < -0.39 is 22.7 Å². The number of alkyl halides is 3. The Labute approximate surface area is 110 Å². The fraction of sp³-hybridized carbons (Fsp3) is 0.455.